The summed E-state index contributed by atoms with van der Waals surface area (Å²) in [4.78, 5) is 35.6. The third kappa shape index (κ3) is 6.40. The molecule has 2 aromatic carbocycles. The Balaban J connectivity index is 1.44. The van der Waals surface area contributed by atoms with Crippen molar-refractivity contribution in [1.82, 2.24) is 25.6 Å². The lowest BCUT2D eigenvalue weighted by atomic mass is 10.0. The number of amides is 3. The normalized spacial score (nSPS) is 15.4. The van der Waals surface area contributed by atoms with Crippen LogP contribution in [0.15, 0.2) is 53.8 Å². The summed E-state index contributed by atoms with van der Waals surface area (Å²) >= 11 is 1.24. The van der Waals surface area contributed by atoms with Gasteiger partial charge in [-0.05, 0) is 43.4 Å². The number of anilines is 1. The highest BCUT2D eigenvalue weighted by Gasteiger charge is 2.32. The molecule has 1 aliphatic rings. The first-order valence-corrected chi connectivity index (χ1v) is 13.5. The third-order valence-electron chi connectivity index (χ3n) is 6.05. The van der Waals surface area contributed by atoms with Gasteiger partial charge in [0.05, 0.1) is 18.6 Å². The van der Waals surface area contributed by atoms with E-state index in [4.69, 9.17) is 4.74 Å². The summed E-state index contributed by atoms with van der Waals surface area (Å²) in [5.74, 6) is 1.78. The second-order valence-corrected chi connectivity index (χ2v) is 10.3. The number of ether oxygens (including phenoxy) is 1. The van der Waals surface area contributed by atoms with E-state index >= 15 is 0 Å². The Labute approximate surface area is 226 Å². The molecule has 0 bridgehead atoms. The van der Waals surface area contributed by atoms with E-state index in [0.717, 1.165) is 29.7 Å². The topological polar surface area (TPSA) is 114 Å². The quantitative estimate of drug-likeness (QED) is 0.386. The average Bonchev–Trinajstić information content (AvgIpc) is 3.54. The average molecular weight is 536 g/mol. The fraction of sp³-hybridized carbons (Fsp3) is 0.370. The highest BCUT2D eigenvalue weighted by molar-refractivity contribution is 8.15. The maximum atomic E-state index is 12.8. The van der Waals surface area contributed by atoms with E-state index in [1.807, 2.05) is 56.3 Å². The second kappa shape index (κ2) is 12.2. The molecule has 2 N–H and O–H groups in total. The van der Waals surface area contributed by atoms with Gasteiger partial charge in [0, 0.05) is 24.2 Å². The van der Waals surface area contributed by atoms with E-state index in [1.165, 1.54) is 16.7 Å². The van der Waals surface area contributed by atoms with Crippen molar-refractivity contribution >= 4 is 34.6 Å². The summed E-state index contributed by atoms with van der Waals surface area (Å²) in [5, 5.41) is 4.76. The van der Waals surface area contributed by atoms with Gasteiger partial charge in [-0.25, -0.2) is 15.2 Å². The van der Waals surface area contributed by atoms with Gasteiger partial charge in [0.2, 0.25) is 5.91 Å². The molecule has 1 atom stereocenters. The largest absolute Gasteiger partial charge is 0.497 e. The zero-order chi connectivity index (χ0) is 27.2. The Bertz CT molecular complexity index is 1320. The maximum Gasteiger partial charge on any atom is 0.357 e. The van der Waals surface area contributed by atoms with Crippen LogP contribution in [-0.2, 0) is 17.8 Å². The van der Waals surface area contributed by atoms with Crippen molar-refractivity contribution in [3.8, 4) is 17.1 Å². The second-order valence-electron chi connectivity index (χ2n) is 9.35. The minimum atomic E-state index is -0.585. The molecule has 1 saturated heterocycles. The van der Waals surface area contributed by atoms with E-state index < -0.39 is 6.03 Å². The number of aromatic nitrogens is 3. The molecular weight excluding hydrogens is 502 g/mol. The van der Waals surface area contributed by atoms with Gasteiger partial charge in [-0.2, -0.15) is 10.1 Å². The van der Waals surface area contributed by atoms with Crippen molar-refractivity contribution in [3.05, 3.63) is 59.9 Å². The number of benzene rings is 2. The predicted molar refractivity (Wildman–Crippen MR) is 150 cm³/mol. The molecule has 200 valence electrons. The van der Waals surface area contributed by atoms with Crippen LogP contribution in [0.25, 0.3) is 11.4 Å². The lowest BCUT2D eigenvalue weighted by Gasteiger charge is -2.21. The molecular formula is C27H33N7O3S. The number of carbonyl (C=O) groups excluding carboxylic acids is 2. The van der Waals surface area contributed by atoms with Crippen molar-refractivity contribution in [2.75, 3.05) is 17.8 Å². The van der Waals surface area contributed by atoms with Crippen molar-refractivity contribution in [2.24, 2.45) is 10.9 Å². The number of methoxy groups -OCH3 is 1. The van der Waals surface area contributed by atoms with Crippen LogP contribution in [0.1, 0.15) is 44.9 Å². The molecule has 1 unspecified atom stereocenters. The minimum Gasteiger partial charge on any atom is -0.497 e. The van der Waals surface area contributed by atoms with E-state index in [1.54, 1.807) is 18.1 Å². The molecule has 38 heavy (non-hydrogen) atoms. The molecule has 4 rings (SSSR count). The Hall–Kier alpha value is -3.70. The lowest BCUT2D eigenvalue weighted by molar-refractivity contribution is -0.115. The number of aliphatic imine (C=N–C) groups is 1. The van der Waals surface area contributed by atoms with E-state index in [2.05, 4.69) is 39.8 Å². The lowest BCUT2D eigenvalue weighted by Crippen LogP contribution is -2.39. The molecule has 2 heterocycles. The number of rotatable bonds is 9. The first-order chi connectivity index (χ1) is 18.3. The van der Waals surface area contributed by atoms with Crippen molar-refractivity contribution in [1.29, 1.82) is 0 Å². The van der Waals surface area contributed by atoms with E-state index in [-0.39, 0.29) is 17.7 Å². The number of hydrazine groups is 1. The van der Waals surface area contributed by atoms with Crippen LogP contribution in [0.2, 0.25) is 0 Å². The van der Waals surface area contributed by atoms with Gasteiger partial charge in [-0.15, -0.1) is 0 Å². The summed E-state index contributed by atoms with van der Waals surface area (Å²) in [6.07, 6.45) is 2.49. The monoisotopic (exact) mass is 535 g/mol. The highest BCUT2D eigenvalue weighted by Crippen LogP contribution is 2.34. The zero-order valence-corrected chi connectivity index (χ0v) is 23.1. The first-order valence-electron chi connectivity index (χ1n) is 12.6. The van der Waals surface area contributed by atoms with Crippen LogP contribution in [0, 0.1) is 5.92 Å². The molecule has 0 spiro atoms. The highest BCUT2D eigenvalue weighted by atomic mass is 32.2. The Morgan fingerprint density at radius 2 is 1.95 bits per heavy atom. The number of nitrogens with one attached hydrogen (secondary N) is 2. The number of carbonyl (C=O) groups is 2. The van der Waals surface area contributed by atoms with E-state index in [0.29, 0.717) is 28.3 Å². The molecule has 0 saturated carbocycles. The molecule has 1 aliphatic heterocycles. The molecule has 3 amide bonds. The maximum absolute atomic E-state index is 12.8. The summed E-state index contributed by atoms with van der Waals surface area (Å²) in [6, 6.07) is 12.7. The number of hydrogen-bond donors (Lipinski definition) is 2. The summed E-state index contributed by atoms with van der Waals surface area (Å²) in [6.45, 7) is 8.94. The molecule has 10 nitrogen and oxygen atoms in total. The van der Waals surface area contributed by atoms with Crippen LogP contribution >= 0.6 is 11.8 Å². The molecule has 3 aromatic rings. The third-order valence-corrected chi connectivity index (χ3v) is 6.97. The van der Waals surface area contributed by atoms with Crippen LogP contribution in [0.3, 0.4) is 0 Å². The number of nitrogens with zero attached hydrogens (tertiary/aromatic N) is 5. The Morgan fingerprint density at radius 3 is 2.61 bits per heavy atom. The molecule has 0 radical (unpaired) electrons. The number of hydrogen-bond acceptors (Lipinski definition) is 7. The standard InChI is InChI=1S/C27H33N7O3S/c1-6-33-16-28-25(32-33)20-9-7-19(8-10-20)18(4)30-31-26(36)29-27-34(24(35)15-38-27)23-14-22(37-5)12-11-21(23)13-17(2)3/h7-12,14,16-18,30H,6,13,15H2,1-5H3,(H,31,36)/b29-27-. The summed E-state index contributed by atoms with van der Waals surface area (Å²) < 4.78 is 7.17. The predicted octanol–water partition coefficient (Wildman–Crippen LogP) is 4.58. The van der Waals surface area contributed by atoms with Crippen LogP contribution in [0.4, 0.5) is 10.5 Å². The van der Waals surface area contributed by atoms with Gasteiger partial charge in [0.25, 0.3) is 0 Å². The van der Waals surface area contributed by atoms with Gasteiger partial charge < -0.3 is 4.74 Å². The van der Waals surface area contributed by atoms with Crippen LogP contribution in [-0.4, -0.2) is 44.7 Å². The molecule has 1 aromatic heterocycles. The van der Waals surface area contributed by atoms with Crippen molar-refractivity contribution in [2.45, 2.75) is 46.7 Å². The molecule has 0 aliphatic carbocycles. The van der Waals surface area contributed by atoms with E-state index in [9.17, 15) is 9.59 Å². The summed E-state index contributed by atoms with van der Waals surface area (Å²) in [7, 11) is 1.58. The van der Waals surface area contributed by atoms with Crippen molar-refractivity contribution < 1.29 is 14.3 Å². The van der Waals surface area contributed by atoms with Crippen LogP contribution in [0.5, 0.6) is 5.75 Å². The fourth-order valence-corrected chi connectivity index (χ4v) is 4.90. The first kappa shape index (κ1) is 27.3. The number of amidine groups is 1. The smallest absolute Gasteiger partial charge is 0.357 e. The van der Waals surface area contributed by atoms with Crippen molar-refractivity contribution in [3.63, 3.8) is 0 Å². The number of aryl methyl sites for hydroxylation is 1. The van der Waals surface area contributed by atoms with Crippen LogP contribution < -0.4 is 20.5 Å². The minimum absolute atomic E-state index is 0.125. The Morgan fingerprint density at radius 1 is 1.18 bits per heavy atom. The van der Waals surface area contributed by atoms with Gasteiger partial charge in [-0.3, -0.25) is 19.8 Å². The van der Waals surface area contributed by atoms with Gasteiger partial charge in [0.1, 0.15) is 12.1 Å². The van der Waals surface area contributed by atoms with Gasteiger partial charge in [0.15, 0.2) is 11.0 Å². The molecule has 1 fully saturated rings. The van der Waals surface area contributed by atoms with Gasteiger partial charge in [-0.1, -0.05) is 55.9 Å². The SMILES string of the molecule is CCn1cnc(-c2ccc(C(C)NNC(=O)/N=C3\SCC(=O)N3c3cc(OC)ccc3CC(C)C)cc2)n1. The Kier molecular flexibility index (Phi) is 8.80. The number of urea groups is 1. The zero-order valence-electron chi connectivity index (χ0n) is 22.3. The number of thioether (sulfide) groups is 1. The molecule has 11 heteroatoms. The fourth-order valence-electron chi connectivity index (χ4n) is 4.04. The summed E-state index contributed by atoms with van der Waals surface area (Å²) in [5.41, 5.74) is 9.21. The van der Waals surface area contributed by atoms with Gasteiger partial charge >= 0.3 is 6.03 Å².